The Morgan fingerprint density at radius 3 is 2.78 bits per heavy atom. The monoisotopic (exact) mass is 328 g/mol. The molecule has 3 aromatic rings. The summed E-state index contributed by atoms with van der Waals surface area (Å²) < 4.78 is 5.04. The fourth-order valence-corrected chi connectivity index (χ4v) is 2.70. The van der Waals surface area contributed by atoms with Gasteiger partial charge in [-0.2, -0.15) is 0 Å². The summed E-state index contributed by atoms with van der Waals surface area (Å²) in [4.78, 5) is 31.5. The minimum Gasteiger partial charge on any atom is -0.462 e. The zero-order valence-corrected chi connectivity index (χ0v) is 13.1. The maximum Gasteiger partial charge on any atom is 0.344 e. The van der Waals surface area contributed by atoms with Gasteiger partial charge in [0.25, 0.3) is 5.56 Å². The Morgan fingerprint density at radius 1 is 1.26 bits per heavy atom. The van der Waals surface area contributed by atoms with E-state index in [4.69, 9.17) is 16.3 Å². The molecular formula is C17H13ClN2O3. The van der Waals surface area contributed by atoms with Gasteiger partial charge >= 0.3 is 5.97 Å². The fourth-order valence-electron chi connectivity index (χ4n) is 2.47. The maximum absolute atomic E-state index is 12.4. The highest BCUT2D eigenvalue weighted by Crippen LogP contribution is 2.34. The predicted octanol–water partition coefficient (Wildman–Crippen LogP) is 3.42. The van der Waals surface area contributed by atoms with Gasteiger partial charge < -0.3 is 9.72 Å². The molecule has 23 heavy (non-hydrogen) atoms. The number of hydrogen-bond donors (Lipinski definition) is 1. The van der Waals surface area contributed by atoms with Gasteiger partial charge in [0, 0.05) is 27.7 Å². The van der Waals surface area contributed by atoms with Crippen LogP contribution in [0, 0.1) is 0 Å². The van der Waals surface area contributed by atoms with E-state index in [1.54, 1.807) is 49.5 Å². The number of ether oxygens (including phenoxy) is 1. The standard InChI is InChI=1S/C17H13ClN2O3/c1-2-23-17(22)14-13(10-6-3-4-8-12(10)18)11-7-5-9-19-15(11)20-16(14)21/h3-9H,2H2,1H3,(H,19,20,21). The molecule has 1 aromatic carbocycles. The molecule has 0 radical (unpaired) electrons. The molecule has 0 saturated carbocycles. The molecule has 0 aliphatic rings. The van der Waals surface area contributed by atoms with E-state index in [2.05, 4.69) is 9.97 Å². The van der Waals surface area contributed by atoms with Crippen LogP contribution >= 0.6 is 11.6 Å². The number of benzene rings is 1. The number of nitrogens with one attached hydrogen (secondary N) is 1. The molecule has 2 aromatic heterocycles. The second-order valence-corrected chi connectivity index (χ2v) is 5.21. The Morgan fingerprint density at radius 2 is 2.04 bits per heavy atom. The SMILES string of the molecule is CCOC(=O)c1c(-c2ccccc2Cl)c2cccnc2[nH]c1=O. The second-order valence-electron chi connectivity index (χ2n) is 4.80. The topological polar surface area (TPSA) is 72.0 Å². The van der Waals surface area contributed by atoms with Gasteiger partial charge in [0.15, 0.2) is 0 Å². The van der Waals surface area contributed by atoms with Crippen LogP contribution in [0.25, 0.3) is 22.2 Å². The summed E-state index contributed by atoms with van der Waals surface area (Å²) in [5.74, 6) is -0.686. The number of aromatic nitrogens is 2. The highest BCUT2D eigenvalue weighted by Gasteiger charge is 2.23. The number of nitrogens with zero attached hydrogens (tertiary/aromatic N) is 1. The van der Waals surface area contributed by atoms with E-state index >= 15 is 0 Å². The van der Waals surface area contributed by atoms with Gasteiger partial charge in [0.05, 0.1) is 6.61 Å². The lowest BCUT2D eigenvalue weighted by Gasteiger charge is -2.12. The fraction of sp³-hybridized carbons (Fsp3) is 0.118. The molecule has 6 heteroatoms. The van der Waals surface area contributed by atoms with Crippen molar-refractivity contribution in [3.05, 3.63) is 63.5 Å². The van der Waals surface area contributed by atoms with Crippen LogP contribution in [-0.4, -0.2) is 22.5 Å². The van der Waals surface area contributed by atoms with E-state index in [1.165, 1.54) is 0 Å². The van der Waals surface area contributed by atoms with Crippen molar-refractivity contribution in [2.75, 3.05) is 6.61 Å². The number of aromatic amines is 1. The average molecular weight is 329 g/mol. The third-order valence-corrected chi connectivity index (χ3v) is 3.74. The molecule has 5 nitrogen and oxygen atoms in total. The molecule has 116 valence electrons. The molecule has 0 spiro atoms. The number of rotatable bonds is 3. The Hall–Kier alpha value is -2.66. The highest BCUT2D eigenvalue weighted by molar-refractivity contribution is 6.34. The van der Waals surface area contributed by atoms with Gasteiger partial charge in [-0.3, -0.25) is 4.79 Å². The minimum atomic E-state index is -0.686. The van der Waals surface area contributed by atoms with E-state index in [0.29, 0.717) is 27.2 Å². The van der Waals surface area contributed by atoms with Crippen LogP contribution in [0.4, 0.5) is 0 Å². The van der Waals surface area contributed by atoms with Crippen molar-refractivity contribution in [3.8, 4) is 11.1 Å². The molecule has 0 aliphatic carbocycles. The summed E-state index contributed by atoms with van der Waals surface area (Å²) in [7, 11) is 0. The number of halogens is 1. The van der Waals surface area contributed by atoms with Gasteiger partial charge in [-0.15, -0.1) is 0 Å². The van der Waals surface area contributed by atoms with Crippen LogP contribution in [0.5, 0.6) is 0 Å². The molecular weight excluding hydrogens is 316 g/mol. The van der Waals surface area contributed by atoms with Crippen molar-refractivity contribution in [2.24, 2.45) is 0 Å². The maximum atomic E-state index is 12.4. The van der Waals surface area contributed by atoms with Gasteiger partial charge in [-0.05, 0) is 25.1 Å². The lowest BCUT2D eigenvalue weighted by molar-refractivity contribution is 0.0525. The summed E-state index contributed by atoms with van der Waals surface area (Å²) >= 11 is 6.28. The number of H-pyrrole nitrogens is 1. The Kier molecular flexibility index (Phi) is 4.12. The van der Waals surface area contributed by atoms with Crippen molar-refractivity contribution in [2.45, 2.75) is 6.92 Å². The molecule has 0 saturated heterocycles. The molecule has 0 atom stereocenters. The molecule has 0 fully saturated rings. The molecule has 0 amide bonds. The summed E-state index contributed by atoms with van der Waals surface area (Å²) in [5, 5.41) is 1.07. The lowest BCUT2D eigenvalue weighted by Crippen LogP contribution is -2.22. The summed E-state index contributed by atoms with van der Waals surface area (Å²) in [5.41, 5.74) is 0.785. The first-order chi connectivity index (χ1) is 11.1. The van der Waals surface area contributed by atoms with Gasteiger partial charge in [0.2, 0.25) is 0 Å². The average Bonchev–Trinajstić information content (AvgIpc) is 2.54. The summed E-state index contributed by atoms with van der Waals surface area (Å²) in [6, 6.07) is 10.5. The van der Waals surface area contributed by atoms with Crippen molar-refractivity contribution < 1.29 is 9.53 Å². The van der Waals surface area contributed by atoms with Gasteiger partial charge in [0.1, 0.15) is 11.2 Å². The van der Waals surface area contributed by atoms with Crippen molar-refractivity contribution in [1.29, 1.82) is 0 Å². The molecule has 0 unspecified atom stereocenters. The third kappa shape index (κ3) is 2.71. The number of pyridine rings is 2. The van der Waals surface area contributed by atoms with E-state index in [-0.39, 0.29) is 12.2 Å². The quantitative estimate of drug-likeness (QED) is 0.748. The molecule has 0 aliphatic heterocycles. The van der Waals surface area contributed by atoms with Crippen LogP contribution in [0.3, 0.4) is 0 Å². The zero-order valence-electron chi connectivity index (χ0n) is 12.3. The molecule has 1 N–H and O–H groups in total. The largest absolute Gasteiger partial charge is 0.462 e. The third-order valence-electron chi connectivity index (χ3n) is 3.41. The number of esters is 1. The first-order valence-electron chi connectivity index (χ1n) is 7.06. The molecule has 0 bridgehead atoms. The van der Waals surface area contributed by atoms with E-state index in [1.807, 2.05) is 0 Å². The van der Waals surface area contributed by atoms with Crippen molar-refractivity contribution in [1.82, 2.24) is 9.97 Å². The number of carbonyl (C=O) groups excluding carboxylic acids is 1. The minimum absolute atomic E-state index is 0.0690. The van der Waals surface area contributed by atoms with E-state index in [9.17, 15) is 9.59 Å². The van der Waals surface area contributed by atoms with Gasteiger partial charge in [-0.1, -0.05) is 29.8 Å². The van der Waals surface area contributed by atoms with Crippen LogP contribution < -0.4 is 5.56 Å². The Bertz CT molecular complexity index is 950. The second kappa shape index (κ2) is 6.22. The van der Waals surface area contributed by atoms with Crippen molar-refractivity contribution >= 4 is 28.6 Å². The lowest BCUT2D eigenvalue weighted by atomic mass is 9.97. The first kappa shape index (κ1) is 15.2. The summed E-state index contributed by atoms with van der Waals surface area (Å²) in [6.45, 7) is 1.86. The zero-order chi connectivity index (χ0) is 16.4. The number of fused-ring (bicyclic) bond motifs is 1. The number of carbonyl (C=O) groups is 1. The predicted molar refractivity (Wildman–Crippen MR) is 88.8 cm³/mol. The van der Waals surface area contributed by atoms with E-state index in [0.717, 1.165) is 0 Å². The highest BCUT2D eigenvalue weighted by atomic mass is 35.5. The first-order valence-corrected chi connectivity index (χ1v) is 7.44. The smallest absolute Gasteiger partial charge is 0.344 e. The molecule has 2 heterocycles. The van der Waals surface area contributed by atoms with Crippen LogP contribution in [-0.2, 0) is 4.74 Å². The van der Waals surface area contributed by atoms with Crippen molar-refractivity contribution in [3.63, 3.8) is 0 Å². The van der Waals surface area contributed by atoms with Crippen LogP contribution in [0.15, 0.2) is 47.4 Å². The van der Waals surface area contributed by atoms with Crippen LogP contribution in [0.1, 0.15) is 17.3 Å². The summed E-state index contributed by atoms with van der Waals surface area (Å²) in [6.07, 6.45) is 1.57. The number of hydrogen-bond acceptors (Lipinski definition) is 4. The van der Waals surface area contributed by atoms with E-state index < -0.39 is 11.5 Å². The van der Waals surface area contributed by atoms with Gasteiger partial charge in [-0.25, -0.2) is 9.78 Å². The van der Waals surface area contributed by atoms with Crippen LogP contribution in [0.2, 0.25) is 5.02 Å². The molecule has 3 rings (SSSR count). The normalized spacial score (nSPS) is 10.7. The Labute approximate surface area is 136 Å². The Balaban J connectivity index is 2.45.